The van der Waals surface area contributed by atoms with Crippen molar-refractivity contribution in [1.29, 1.82) is 0 Å². The molecule has 0 radical (unpaired) electrons. The molecule has 0 aromatic heterocycles. The van der Waals surface area contributed by atoms with E-state index in [-0.39, 0.29) is 12.2 Å². The molecule has 4 rings (SSSR count). The van der Waals surface area contributed by atoms with Crippen LogP contribution in [0.4, 0.5) is 0 Å². The Balaban J connectivity index is 1.57. The fourth-order valence-corrected chi connectivity index (χ4v) is 8.82. The van der Waals surface area contributed by atoms with Crippen LogP contribution in [0.25, 0.3) is 0 Å². The van der Waals surface area contributed by atoms with Crippen LogP contribution in [0.5, 0.6) is 0 Å². The van der Waals surface area contributed by atoms with Gasteiger partial charge in [-0.05, 0) is 117 Å². The van der Waals surface area contributed by atoms with E-state index in [0.29, 0.717) is 34.5 Å². The van der Waals surface area contributed by atoms with Crippen molar-refractivity contribution in [1.82, 2.24) is 0 Å². The molecule has 0 saturated heterocycles. The third-order valence-corrected chi connectivity index (χ3v) is 10.3. The highest BCUT2D eigenvalue weighted by Crippen LogP contribution is 2.68. The molecule has 0 heterocycles. The molecule has 10 atom stereocenters. The van der Waals surface area contributed by atoms with Gasteiger partial charge in [0.2, 0.25) is 0 Å². The van der Waals surface area contributed by atoms with E-state index in [1.807, 2.05) is 0 Å². The maximum absolute atomic E-state index is 11.3. The van der Waals surface area contributed by atoms with Crippen LogP contribution in [0.15, 0.2) is 0 Å². The van der Waals surface area contributed by atoms with Gasteiger partial charge in [0, 0.05) is 0 Å². The second kappa shape index (κ2) is 7.29. The van der Waals surface area contributed by atoms with Gasteiger partial charge in [-0.25, -0.2) is 0 Å². The van der Waals surface area contributed by atoms with E-state index in [1.165, 1.54) is 32.1 Å². The lowest BCUT2D eigenvalue weighted by Crippen LogP contribution is -2.58. The fraction of sp³-hybridized carbons (Fsp3) is 1.00. The molecule has 4 fully saturated rings. The number of nitrogens with two attached hydrogens (primary N) is 1. The smallest absolute Gasteiger partial charge is 0.0577 e. The largest absolute Gasteiger partial charge is 0.393 e. The van der Waals surface area contributed by atoms with Crippen LogP contribution in [-0.2, 0) is 0 Å². The molecular weight excluding hydrogens is 334 g/mol. The Morgan fingerprint density at radius 2 is 1.67 bits per heavy atom. The SMILES string of the molecule is CC(CCCN)C1CCC2C3C(O)CC4CC(O)CCC4(C)C3CCC12C. The number of hydrogen-bond acceptors (Lipinski definition) is 3. The van der Waals surface area contributed by atoms with Gasteiger partial charge in [-0.1, -0.05) is 20.8 Å². The average molecular weight is 378 g/mol. The lowest BCUT2D eigenvalue weighted by molar-refractivity contribution is -0.174. The minimum absolute atomic E-state index is 0.139. The second-order valence-electron chi connectivity index (χ2n) is 11.4. The number of aliphatic hydroxyl groups excluding tert-OH is 2. The van der Waals surface area contributed by atoms with Gasteiger partial charge in [-0.15, -0.1) is 0 Å². The van der Waals surface area contributed by atoms with Crippen LogP contribution in [0.3, 0.4) is 0 Å². The minimum Gasteiger partial charge on any atom is -0.393 e. The standard InChI is InChI=1S/C24H43NO2/c1-15(5-4-12-25)18-6-7-19-22-20(9-11-24(18,19)3)23(2)10-8-17(26)13-16(23)14-21(22)27/h15-22,26-27H,4-14,25H2,1-3H3. The molecule has 4 aliphatic rings. The Bertz CT molecular complexity index is 538. The van der Waals surface area contributed by atoms with Crippen LogP contribution in [0.2, 0.25) is 0 Å². The number of hydrogen-bond donors (Lipinski definition) is 3. The monoisotopic (exact) mass is 377 g/mol. The van der Waals surface area contributed by atoms with Crippen LogP contribution in [0.1, 0.15) is 85.0 Å². The van der Waals surface area contributed by atoms with Gasteiger partial charge < -0.3 is 15.9 Å². The van der Waals surface area contributed by atoms with Gasteiger partial charge in [-0.2, -0.15) is 0 Å². The molecule has 10 unspecified atom stereocenters. The highest BCUT2D eigenvalue weighted by Gasteiger charge is 2.62. The van der Waals surface area contributed by atoms with E-state index < -0.39 is 0 Å². The van der Waals surface area contributed by atoms with Crippen molar-refractivity contribution in [3.05, 3.63) is 0 Å². The Morgan fingerprint density at radius 1 is 0.963 bits per heavy atom. The summed E-state index contributed by atoms with van der Waals surface area (Å²) in [6.07, 6.45) is 11.4. The molecule has 27 heavy (non-hydrogen) atoms. The molecule has 0 bridgehead atoms. The molecule has 4 N–H and O–H groups in total. The van der Waals surface area contributed by atoms with Gasteiger partial charge in [0.25, 0.3) is 0 Å². The summed E-state index contributed by atoms with van der Waals surface area (Å²) < 4.78 is 0. The summed E-state index contributed by atoms with van der Waals surface area (Å²) in [6, 6.07) is 0. The van der Waals surface area contributed by atoms with Crippen molar-refractivity contribution in [2.24, 2.45) is 52.1 Å². The highest BCUT2D eigenvalue weighted by atomic mass is 16.3. The Kier molecular flexibility index (Phi) is 5.44. The first kappa shape index (κ1) is 20.2. The van der Waals surface area contributed by atoms with E-state index in [1.54, 1.807) is 0 Å². The maximum Gasteiger partial charge on any atom is 0.0577 e. The zero-order valence-electron chi connectivity index (χ0n) is 17.9. The lowest BCUT2D eigenvalue weighted by atomic mass is 9.43. The number of fused-ring (bicyclic) bond motifs is 5. The van der Waals surface area contributed by atoms with Crippen LogP contribution >= 0.6 is 0 Å². The van der Waals surface area contributed by atoms with E-state index in [2.05, 4.69) is 20.8 Å². The van der Waals surface area contributed by atoms with Crippen molar-refractivity contribution in [3.8, 4) is 0 Å². The van der Waals surface area contributed by atoms with Crippen LogP contribution in [0, 0.1) is 46.3 Å². The van der Waals surface area contributed by atoms with Gasteiger partial charge in [-0.3, -0.25) is 0 Å². The first-order valence-electron chi connectivity index (χ1n) is 11.9. The molecule has 3 nitrogen and oxygen atoms in total. The normalized spacial score (nSPS) is 53.3. The molecule has 0 aliphatic heterocycles. The molecule has 156 valence electrons. The molecule has 0 amide bonds. The third-order valence-electron chi connectivity index (χ3n) is 10.3. The van der Waals surface area contributed by atoms with Gasteiger partial charge in [0.05, 0.1) is 12.2 Å². The third kappa shape index (κ3) is 3.11. The predicted octanol–water partition coefficient (Wildman–Crippen LogP) is 4.35. The van der Waals surface area contributed by atoms with Crippen molar-refractivity contribution < 1.29 is 10.2 Å². The number of aliphatic hydroxyl groups is 2. The first-order valence-corrected chi connectivity index (χ1v) is 11.9. The Labute approximate surface area is 166 Å². The van der Waals surface area contributed by atoms with E-state index in [0.717, 1.165) is 50.5 Å². The van der Waals surface area contributed by atoms with Crippen LogP contribution in [-0.4, -0.2) is 29.0 Å². The zero-order valence-corrected chi connectivity index (χ0v) is 17.9. The van der Waals surface area contributed by atoms with E-state index >= 15 is 0 Å². The van der Waals surface area contributed by atoms with Crippen molar-refractivity contribution in [2.45, 2.75) is 97.2 Å². The van der Waals surface area contributed by atoms with Crippen molar-refractivity contribution in [3.63, 3.8) is 0 Å². The van der Waals surface area contributed by atoms with Crippen molar-refractivity contribution in [2.75, 3.05) is 6.54 Å². The molecule has 3 heteroatoms. The fourth-order valence-electron chi connectivity index (χ4n) is 8.82. The molecule has 0 aromatic carbocycles. The predicted molar refractivity (Wildman–Crippen MR) is 110 cm³/mol. The zero-order chi connectivity index (χ0) is 19.4. The van der Waals surface area contributed by atoms with E-state index in [4.69, 9.17) is 5.73 Å². The van der Waals surface area contributed by atoms with Gasteiger partial charge in [0.1, 0.15) is 0 Å². The maximum atomic E-state index is 11.3. The minimum atomic E-state index is -0.152. The van der Waals surface area contributed by atoms with Crippen molar-refractivity contribution >= 4 is 0 Å². The summed E-state index contributed by atoms with van der Waals surface area (Å²) in [5.74, 6) is 3.93. The average Bonchev–Trinajstić information content (AvgIpc) is 2.98. The molecular formula is C24H43NO2. The summed E-state index contributed by atoms with van der Waals surface area (Å²) in [7, 11) is 0. The summed E-state index contributed by atoms with van der Waals surface area (Å²) >= 11 is 0. The number of rotatable bonds is 4. The quantitative estimate of drug-likeness (QED) is 0.682. The van der Waals surface area contributed by atoms with Gasteiger partial charge >= 0.3 is 0 Å². The molecule has 4 aliphatic carbocycles. The molecule has 0 spiro atoms. The summed E-state index contributed by atoms with van der Waals surface area (Å²) in [5, 5.41) is 21.5. The molecule has 4 saturated carbocycles. The molecule has 0 aromatic rings. The summed E-state index contributed by atoms with van der Waals surface area (Å²) in [6.45, 7) is 8.34. The Morgan fingerprint density at radius 3 is 2.41 bits per heavy atom. The Hall–Kier alpha value is -0.120. The van der Waals surface area contributed by atoms with Crippen LogP contribution < -0.4 is 5.73 Å². The van der Waals surface area contributed by atoms with E-state index in [9.17, 15) is 10.2 Å². The second-order valence-corrected chi connectivity index (χ2v) is 11.4. The summed E-state index contributed by atoms with van der Waals surface area (Å²) in [4.78, 5) is 0. The topological polar surface area (TPSA) is 66.5 Å². The summed E-state index contributed by atoms with van der Waals surface area (Å²) in [5.41, 5.74) is 6.53. The highest BCUT2D eigenvalue weighted by molar-refractivity contribution is 5.11. The first-order chi connectivity index (χ1) is 12.8. The van der Waals surface area contributed by atoms with Gasteiger partial charge in [0.15, 0.2) is 0 Å². The lowest BCUT2D eigenvalue weighted by Gasteiger charge is -2.62.